The number of carbonyl (C=O) groups excluding carboxylic acids is 1. The lowest BCUT2D eigenvalue weighted by Gasteiger charge is -2.32. The number of allylic oxidation sites excluding steroid dienone is 2. The number of hydrogen-bond acceptors (Lipinski definition) is 5. The summed E-state index contributed by atoms with van der Waals surface area (Å²) in [6, 6.07) is 18.1. The Balaban J connectivity index is 1.28. The number of carbonyl (C=O) groups is 1. The van der Waals surface area contributed by atoms with E-state index < -0.39 is 0 Å². The highest BCUT2D eigenvalue weighted by Crippen LogP contribution is 2.33. The van der Waals surface area contributed by atoms with Crippen molar-refractivity contribution < 1.29 is 14.3 Å². The molecule has 42 heavy (non-hydrogen) atoms. The first kappa shape index (κ1) is 29.8. The van der Waals surface area contributed by atoms with Gasteiger partial charge in [0.15, 0.2) is 0 Å². The van der Waals surface area contributed by atoms with E-state index in [0.29, 0.717) is 12.4 Å². The van der Waals surface area contributed by atoms with Crippen LogP contribution in [0.15, 0.2) is 66.7 Å². The third-order valence-corrected chi connectivity index (χ3v) is 7.75. The lowest BCUT2D eigenvalue weighted by Crippen LogP contribution is -2.44. The second-order valence-electron chi connectivity index (χ2n) is 12.1. The van der Waals surface area contributed by atoms with Crippen molar-refractivity contribution in [3.63, 3.8) is 0 Å². The highest BCUT2D eigenvalue weighted by atomic mass is 16.5. The molecule has 222 valence electrons. The number of fused-ring (bicyclic) bond motifs is 1. The van der Waals surface area contributed by atoms with Crippen LogP contribution in [0.2, 0.25) is 0 Å². The van der Waals surface area contributed by atoms with Gasteiger partial charge in [0.2, 0.25) is 0 Å². The monoisotopic (exact) mass is 569 g/mol. The Hall–Kier alpha value is -3.72. The van der Waals surface area contributed by atoms with Crippen LogP contribution in [0.5, 0.6) is 0 Å². The molecule has 0 radical (unpaired) electrons. The third-order valence-electron chi connectivity index (χ3n) is 7.75. The number of aromatic nitrogens is 2. The summed E-state index contributed by atoms with van der Waals surface area (Å²) in [6.45, 7) is 12.6. The molecule has 2 heterocycles. The van der Waals surface area contributed by atoms with E-state index >= 15 is 0 Å². The molecule has 0 spiro atoms. The highest BCUT2D eigenvalue weighted by molar-refractivity contribution is 5.97. The van der Waals surface area contributed by atoms with Gasteiger partial charge in [-0.1, -0.05) is 74.9 Å². The maximum atomic E-state index is 13.3. The van der Waals surface area contributed by atoms with Crippen LogP contribution >= 0.6 is 0 Å². The van der Waals surface area contributed by atoms with Crippen molar-refractivity contribution in [2.75, 3.05) is 45.3 Å². The van der Waals surface area contributed by atoms with Crippen LogP contribution in [0.25, 0.3) is 17.0 Å². The topological polar surface area (TPSA) is 80.7 Å². The summed E-state index contributed by atoms with van der Waals surface area (Å²) in [6.07, 6.45) is 6.30. The molecule has 3 aromatic rings. The van der Waals surface area contributed by atoms with Crippen molar-refractivity contribution in [2.24, 2.45) is 0 Å². The minimum Gasteiger partial charge on any atom is -0.382 e. The fraction of sp³-hybridized carbons (Fsp3) is 0.412. The molecule has 2 aliphatic rings. The number of methoxy groups -OCH3 is 1. The number of aryl methyl sites for hydroxylation is 1. The van der Waals surface area contributed by atoms with Crippen molar-refractivity contribution in [3.8, 4) is 5.69 Å². The molecule has 1 fully saturated rings. The molecule has 5 rings (SSSR count). The molecule has 2 N–H and O–H groups in total. The van der Waals surface area contributed by atoms with Crippen LogP contribution in [0.4, 0.5) is 10.6 Å². The molecular weight excluding hydrogens is 526 g/mol. The van der Waals surface area contributed by atoms with Gasteiger partial charge in [-0.05, 0) is 43.0 Å². The Labute approximate surface area is 249 Å². The van der Waals surface area contributed by atoms with Gasteiger partial charge in [-0.2, -0.15) is 5.10 Å². The molecule has 2 aromatic carbocycles. The summed E-state index contributed by atoms with van der Waals surface area (Å²) < 4.78 is 12.9. The molecule has 1 unspecified atom stereocenters. The van der Waals surface area contributed by atoms with Gasteiger partial charge >= 0.3 is 6.03 Å². The molecule has 1 atom stereocenters. The smallest absolute Gasteiger partial charge is 0.324 e. The summed E-state index contributed by atoms with van der Waals surface area (Å²) in [7, 11) is 1.72. The summed E-state index contributed by atoms with van der Waals surface area (Å²) in [5, 5.41) is 11.0. The predicted octanol–water partition coefficient (Wildman–Crippen LogP) is 6.17. The Morgan fingerprint density at radius 2 is 1.88 bits per heavy atom. The van der Waals surface area contributed by atoms with E-state index in [4.69, 9.17) is 14.6 Å². The second kappa shape index (κ2) is 13.1. The fourth-order valence-electron chi connectivity index (χ4n) is 5.42. The van der Waals surface area contributed by atoms with E-state index in [-0.39, 0.29) is 17.6 Å². The first-order valence-electron chi connectivity index (χ1n) is 14.8. The van der Waals surface area contributed by atoms with Crippen molar-refractivity contribution in [1.82, 2.24) is 20.0 Å². The van der Waals surface area contributed by atoms with Crippen molar-refractivity contribution in [3.05, 3.63) is 89.1 Å². The number of nitrogens with one attached hydrogen (secondary N) is 2. The molecule has 1 aliphatic heterocycles. The Bertz CT molecular complexity index is 1450. The summed E-state index contributed by atoms with van der Waals surface area (Å²) >= 11 is 0. The number of hydrogen-bond donors (Lipinski definition) is 2. The zero-order valence-electron chi connectivity index (χ0n) is 25.4. The second-order valence-corrected chi connectivity index (χ2v) is 12.1. The average Bonchev–Trinajstić information content (AvgIpc) is 3.39. The van der Waals surface area contributed by atoms with E-state index in [1.165, 1.54) is 11.1 Å². The SMILES string of the molecule is COCC1CN(CCC=C2CC=C(NC(=O)Nc3cc(C(C)(C)C)nn3-c3ccc(C)cc3)c3ccccc32)CCO1. The van der Waals surface area contributed by atoms with E-state index in [9.17, 15) is 4.79 Å². The van der Waals surface area contributed by atoms with Crippen LogP contribution in [-0.2, 0) is 14.9 Å². The lowest BCUT2D eigenvalue weighted by molar-refractivity contribution is -0.0604. The number of amides is 2. The summed E-state index contributed by atoms with van der Waals surface area (Å²) in [5.74, 6) is 0.627. The molecule has 1 aromatic heterocycles. The van der Waals surface area contributed by atoms with Gasteiger partial charge in [-0.25, -0.2) is 9.48 Å². The molecule has 1 saturated heterocycles. The van der Waals surface area contributed by atoms with Crippen molar-refractivity contribution in [2.45, 2.75) is 52.1 Å². The van der Waals surface area contributed by atoms with Gasteiger partial charge in [-0.15, -0.1) is 0 Å². The minimum absolute atomic E-state index is 0.144. The van der Waals surface area contributed by atoms with E-state index in [2.05, 4.69) is 73.6 Å². The fourth-order valence-corrected chi connectivity index (χ4v) is 5.42. The van der Waals surface area contributed by atoms with Crippen molar-refractivity contribution >= 4 is 23.1 Å². The Morgan fingerprint density at radius 3 is 2.62 bits per heavy atom. The first-order valence-corrected chi connectivity index (χ1v) is 14.8. The van der Waals surface area contributed by atoms with E-state index in [1.807, 2.05) is 36.4 Å². The lowest BCUT2D eigenvalue weighted by atomic mass is 9.89. The number of benzene rings is 2. The first-order chi connectivity index (χ1) is 20.2. The van der Waals surface area contributed by atoms with Gasteiger partial charge in [0.25, 0.3) is 0 Å². The van der Waals surface area contributed by atoms with Crippen molar-refractivity contribution in [1.29, 1.82) is 0 Å². The van der Waals surface area contributed by atoms with E-state index in [0.717, 1.165) is 67.3 Å². The maximum Gasteiger partial charge on any atom is 0.324 e. The normalized spacial score (nSPS) is 18.5. The van der Waals surface area contributed by atoms with Crippen LogP contribution in [0.3, 0.4) is 0 Å². The zero-order valence-corrected chi connectivity index (χ0v) is 25.4. The van der Waals surface area contributed by atoms with Gasteiger partial charge in [0, 0.05) is 49.5 Å². The van der Waals surface area contributed by atoms with Gasteiger partial charge in [-0.3, -0.25) is 10.2 Å². The Kier molecular flexibility index (Phi) is 9.26. The number of nitrogens with zero attached hydrogens (tertiary/aromatic N) is 3. The Morgan fingerprint density at radius 1 is 1.12 bits per heavy atom. The summed E-state index contributed by atoms with van der Waals surface area (Å²) in [5.41, 5.74) is 7.09. The predicted molar refractivity (Wildman–Crippen MR) is 169 cm³/mol. The van der Waals surface area contributed by atoms with E-state index in [1.54, 1.807) is 11.8 Å². The highest BCUT2D eigenvalue weighted by Gasteiger charge is 2.23. The van der Waals surface area contributed by atoms with Crippen LogP contribution in [-0.4, -0.2) is 66.8 Å². The molecule has 8 heteroatoms. The number of anilines is 1. The number of morpholine rings is 1. The minimum atomic E-state index is -0.296. The van der Waals surface area contributed by atoms with Crippen LogP contribution in [0, 0.1) is 6.92 Å². The molecular formula is C34H43N5O3. The largest absolute Gasteiger partial charge is 0.382 e. The molecule has 0 bridgehead atoms. The molecule has 2 amide bonds. The van der Waals surface area contributed by atoms with Gasteiger partial charge in [0.05, 0.1) is 30.7 Å². The zero-order chi connectivity index (χ0) is 29.7. The number of urea groups is 1. The molecule has 8 nitrogen and oxygen atoms in total. The van der Waals surface area contributed by atoms with Gasteiger partial charge in [0.1, 0.15) is 5.82 Å². The van der Waals surface area contributed by atoms with Gasteiger partial charge < -0.3 is 14.8 Å². The standard InChI is InChI=1S/C34H43N5O3/c1-24-12-15-26(16-13-24)39-32(21-31(37-39)34(2,3)4)36-33(40)35-30-17-14-25(28-10-6-7-11-29(28)30)9-8-18-38-19-20-42-27(22-38)23-41-5/h6-7,9-13,15-17,21,27H,8,14,18-20,22-23H2,1-5H3,(H2,35,36,40). The molecule has 0 saturated carbocycles. The van der Waals surface area contributed by atoms with Crippen LogP contribution in [0.1, 0.15) is 56.0 Å². The maximum absolute atomic E-state index is 13.3. The molecule has 1 aliphatic carbocycles. The average molecular weight is 570 g/mol. The third kappa shape index (κ3) is 7.18. The number of rotatable bonds is 8. The summed E-state index contributed by atoms with van der Waals surface area (Å²) in [4.78, 5) is 15.8. The van der Waals surface area contributed by atoms with Crippen LogP contribution < -0.4 is 10.6 Å². The number of ether oxygens (including phenoxy) is 2. The quantitative estimate of drug-likeness (QED) is 0.339.